The maximum atomic E-state index is 6.10. The van der Waals surface area contributed by atoms with Gasteiger partial charge in [0, 0.05) is 164 Å². The van der Waals surface area contributed by atoms with Crippen molar-refractivity contribution in [2.24, 2.45) is 0 Å². The lowest BCUT2D eigenvalue weighted by atomic mass is 8.52. The Hall–Kier alpha value is 1.69. The molecular formula is C18H44B26. The van der Waals surface area contributed by atoms with Gasteiger partial charge in [-0.1, -0.05) is 113 Å². The molecule has 26 radical (unpaired) electrons. The Morgan fingerprint density at radius 3 is 1.39 bits per heavy atom. The average Bonchev–Trinajstić information content (AvgIpc) is 3.38. The first-order valence-electron chi connectivity index (χ1n) is 17.4. The zero-order valence-corrected chi connectivity index (χ0v) is 30.4. The van der Waals surface area contributed by atoms with Crippen molar-refractivity contribution >= 4 is 184 Å². The molecule has 2 rings (SSSR count). The second-order valence-electron chi connectivity index (χ2n) is 11.4. The summed E-state index contributed by atoms with van der Waals surface area (Å²) in [6.07, 6.45) is 3.90. The van der Waals surface area contributed by atoms with E-state index in [2.05, 4.69) is 13.8 Å². The number of hydrogen-bond acceptors (Lipinski definition) is 0. The summed E-state index contributed by atoms with van der Waals surface area (Å²) in [5.74, 6) is 1.05. The van der Waals surface area contributed by atoms with Crippen LogP contribution in [0.15, 0.2) is 0 Å². The summed E-state index contributed by atoms with van der Waals surface area (Å²) < 4.78 is 0. The minimum atomic E-state index is -0.618. The number of hydrogen-bond donors (Lipinski definition) is 0. The second-order valence-corrected chi connectivity index (χ2v) is 11.4. The van der Waals surface area contributed by atoms with Gasteiger partial charge in [0.25, 0.3) is 0 Å². The largest absolute Gasteiger partial charge is 0.109 e. The first-order valence-corrected chi connectivity index (χ1v) is 17.4. The molecule has 2 atom stereocenters. The molecule has 0 aromatic carbocycles. The fourth-order valence-corrected chi connectivity index (χ4v) is 6.74. The summed E-state index contributed by atoms with van der Waals surface area (Å²) in [4.78, 5) is 0. The Morgan fingerprint density at radius 2 is 1.05 bits per heavy atom. The zero-order chi connectivity index (χ0) is 35.7. The average molecular weight is 542 g/mol. The summed E-state index contributed by atoms with van der Waals surface area (Å²) in [7, 11) is 73.3. The van der Waals surface area contributed by atoms with Gasteiger partial charge in [0.1, 0.15) is 0 Å². The van der Waals surface area contributed by atoms with Crippen molar-refractivity contribution in [2.75, 3.05) is 0 Å². The number of rotatable bonds is 11. The second kappa shape index (κ2) is 31.9. The van der Waals surface area contributed by atoms with E-state index in [1.165, 1.54) is 39.7 Å². The van der Waals surface area contributed by atoms with Crippen LogP contribution in [0.4, 0.5) is 0 Å². The SMILES string of the molecule is CC.CC.CC.CC.[B]B([B])B([B])B1CCCC[C@@H]1C.[B][B]B([B])B(B([B])[B])B1CB(B(B([B])[B])B([B][B])B([B])[B])[C@@H](C)C1. The van der Waals surface area contributed by atoms with E-state index in [0.29, 0.717) is 18.2 Å². The first-order chi connectivity index (χ1) is 20.8. The summed E-state index contributed by atoms with van der Waals surface area (Å²) in [6, 6.07) is 0. The highest BCUT2D eigenvalue weighted by Gasteiger charge is 2.48. The molecule has 2 fully saturated rings. The van der Waals surface area contributed by atoms with Gasteiger partial charge in [-0.05, 0) is 0 Å². The van der Waals surface area contributed by atoms with Gasteiger partial charge in [0.05, 0.1) is 19.8 Å². The van der Waals surface area contributed by atoms with Crippen molar-refractivity contribution in [1.82, 2.24) is 0 Å². The standard InChI is InChI=1S/C6H12B6.C4H8B20.4C2H6/c1-6-4-2-3-5-10(6)12(9)11(7)8;1-4-2-16(23(19(9)10)21(13)14-5)3-17(4)24(20(11)12)22(15-6)18(7)8;4*1-2/h6H,2-5H2,1H3;4H,2-3H2,1H3;4*1-2H3/t6-;4-;;;;/m00..../s1. The van der Waals surface area contributed by atoms with Crippen molar-refractivity contribution in [2.45, 2.75) is 119 Å². The predicted octanol–water partition coefficient (Wildman–Crippen LogP) is -1.54. The van der Waals surface area contributed by atoms with E-state index >= 15 is 0 Å². The lowest BCUT2D eigenvalue weighted by Gasteiger charge is -2.34. The third kappa shape index (κ3) is 19.0. The Labute approximate surface area is 301 Å². The van der Waals surface area contributed by atoms with Crippen LogP contribution in [0.1, 0.15) is 88.5 Å². The van der Waals surface area contributed by atoms with Crippen LogP contribution in [0.3, 0.4) is 0 Å². The molecule has 0 aromatic rings. The van der Waals surface area contributed by atoms with Crippen LogP contribution in [-0.2, 0) is 0 Å². The fourth-order valence-electron chi connectivity index (χ4n) is 6.74. The molecule has 0 nitrogen and oxygen atoms in total. The summed E-state index contributed by atoms with van der Waals surface area (Å²) in [6.45, 7) is 21.4. The molecule has 0 saturated carbocycles. The van der Waals surface area contributed by atoms with Gasteiger partial charge in [-0.25, -0.2) is 0 Å². The van der Waals surface area contributed by atoms with Crippen LogP contribution >= 0.6 is 0 Å². The maximum absolute atomic E-state index is 6.10. The Bertz CT molecular complexity index is 599. The molecule has 0 aromatic heterocycles. The van der Waals surface area contributed by atoms with Gasteiger partial charge in [0.15, 0.2) is 0 Å². The molecular weight excluding hydrogens is 497 g/mol. The van der Waals surface area contributed by atoms with Gasteiger partial charge < -0.3 is 0 Å². The third-order valence-corrected chi connectivity index (χ3v) is 8.80. The predicted molar refractivity (Wildman–Crippen MR) is 242 cm³/mol. The fraction of sp³-hybridized carbons (Fsp3) is 1.00. The van der Waals surface area contributed by atoms with Gasteiger partial charge in [-0.2, -0.15) is 0 Å². The molecule has 2 heterocycles. The van der Waals surface area contributed by atoms with Gasteiger partial charge in [-0.15, -0.1) is 6.22 Å². The molecule has 2 saturated heterocycles. The Morgan fingerprint density at radius 1 is 0.568 bits per heavy atom. The summed E-state index contributed by atoms with van der Waals surface area (Å²) >= 11 is 0. The molecule has 194 valence electrons. The highest BCUT2D eigenvalue weighted by molar-refractivity contribution is 8.04. The molecule has 0 unspecified atom stereocenters. The van der Waals surface area contributed by atoms with E-state index in [1.807, 2.05) is 55.4 Å². The molecule has 0 amide bonds. The molecule has 2 aliphatic heterocycles. The van der Waals surface area contributed by atoms with Crippen LogP contribution in [-0.4, -0.2) is 184 Å². The zero-order valence-electron chi connectivity index (χ0n) is 30.4. The van der Waals surface area contributed by atoms with Gasteiger partial charge in [0.2, 0.25) is 0 Å². The van der Waals surface area contributed by atoms with Crippen LogP contribution in [0.25, 0.3) is 0 Å². The van der Waals surface area contributed by atoms with Crippen LogP contribution in [0.5, 0.6) is 0 Å². The van der Waals surface area contributed by atoms with Crippen molar-refractivity contribution < 1.29 is 0 Å². The monoisotopic (exact) mass is 547 g/mol. The highest BCUT2D eigenvalue weighted by atomic mass is 14.0. The molecule has 26 heteroatoms. The molecule has 0 bridgehead atoms. The minimum Gasteiger partial charge on any atom is -0.109 e. The van der Waals surface area contributed by atoms with E-state index in [-0.39, 0.29) is 51.5 Å². The molecule has 0 aliphatic carbocycles. The summed E-state index contributed by atoms with van der Waals surface area (Å²) in [5.41, 5.74) is 0. The van der Waals surface area contributed by atoms with Crippen LogP contribution < -0.4 is 0 Å². The Kier molecular flexibility index (Phi) is 38.1. The van der Waals surface area contributed by atoms with E-state index in [1.54, 1.807) is 0 Å². The molecule has 0 N–H and O–H groups in total. The normalized spacial score (nSPS) is 15.9. The Balaban J connectivity index is -0.000000334. The molecule has 2 aliphatic rings. The maximum Gasteiger partial charge on any atom is 0.0938 e. The van der Waals surface area contributed by atoms with E-state index in [4.69, 9.17) is 92.8 Å². The van der Waals surface area contributed by atoms with Crippen molar-refractivity contribution in [3.05, 3.63) is 0 Å². The molecule has 44 heavy (non-hydrogen) atoms. The molecule has 0 spiro atoms. The van der Waals surface area contributed by atoms with Crippen LogP contribution in [0.2, 0.25) is 30.5 Å². The van der Waals surface area contributed by atoms with Crippen molar-refractivity contribution in [3.63, 3.8) is 0 Å². The van der Waals surface area contributed by atoms with E-state index in [0.717, 1.165) is 12.5 Å². The lowest BCUT2D eigenvalue weighted by Crippen LogP contribution is -2.69. The third-order valence-electron chi connectivity index (χ3n) is 8.80. The smallest absolute Gasteiger partial charge is 0.0938 e. The highest BCUT2D eigenvalue weighted by Crippen LogP contribution is 2.34. The quantitative estimate of drug-likeness (QED) is 0.278. The van der Waals surface area contributed by atoms with Gasteiger partial charge >= 0.3 is 0 Å². The topological polar surface area (TPSA) is 0 Å². The van der Waals surface area contributed by atoms with Crippen LogP contribution in [0, 0.1) is 0 Å². The van der Waals surface area contributed by atoms with Crippen molar-refractivity contribution in [1.29, 1.82) is 0 Å². The van der Waals surface area contributed by atoms with Gasteiger partial charge in [-0.3, -0.25) is 0 Å². The first kappa shape index (κ1) is 52.5. The minimum absolute atomic E-state index is 0.0136. The van der Waals surface area contributed by atoms with E-state index < -0.39 is 19.2 Å². The van der Waals surface area contributed by atoms with E-state index in [9.17, 15) is 0 Å². The summed E-state index contributed by atoms with van der Waals surface area (Å²) in [5, 5.41) is 0. The van der Waals surface area contributed by atoms with Crippen molar-refractivity contribution in [3.8, 4) is 0 Å². The lowest BCUT2D eigenvalue weighted by molar-refractivity contribution is 0.654.